The summed E-state index contributed by atoms with van der Waals surface area (Å²) in [5, 5.41) is 14.3. The molecule has 0 aliphatic carbocycles. The van der Waals surface area contributed by atoms with Crippen molar-refractivity contribution in [2.75, 3.05) is 0 Å². The molecule has 0 bridgehead atoms. The first-order valence-corrected chi connectivity index (χ1v) is 5.60. The number of nitrogens with zero attached hydrogens (tertiary/aromatic N) is 2. The molecule has 1 unspecified atom stereocenters. The van der Waals surface area contributed by atoms with Gasteiger partial charge in [0.2, 0.25) is 16.4 Å². The number of aliphatic imine (C=N–C) groups is 1. The summed E-state index contributed by atoms with van der Waals surface area (Å²) in [4.78, 5) is 4.91. The van der Waals surface area contributed by atoms with Crippen LogP contribution in [0.4, 0.5) is 0 Å². The van der Waals surface area contributed by atoms with Gasteiger partial charge >= 0.3 is 0 Å². The minimum absolute atomic E-state index is 0.0563. The van der Waals surface area contributed by atoms with Crippen LogP contribution in [0.1, 0.15) is 13.8 Å². The Balaban J connectivity index is 3.03. The van der Waals surface area contributed by atoms with Gasteiger partial charge in [0.05, 0.1) is 0 Å². The Bertz CT molecular complexity index is 372. The van der Waals surface area contributed by atoms with E-state index >= 15 is 0 Å². The third kappa shape index (κ3) is 2.31. The summed E-state index contributed by atoms with van der Waals surface area (Å²) in [5.74, 6) is 0. The second kappa shape index (κ2) is 3.68. The predicted octanol–water partition coefficient (Wildman–Crippen LogP) is -0.813. The Labute approximate surface area is 82.8 Å². The lowest BCUT2D eigenvalue weighted by atomic mass is 10.3. The molecule has 6 nitrogen and oxygen atoms in total. The van der Waals surface area contributed by atoms with Crippen LogP contribution in [0.25, 0.3) is 0 Å². The number of hydrogen-bond acceptors (Lipinski definition) is 5. The molecule has 0 radical (unpaired) electrons. The molecule has 1 aliphatic heterocycles. The Morgan fingerprint density at radius 3 is 2.64 bits per heavy atom. The van der Waals surface area contributed by atoms with Crippen LogP contribution in [-0.2, 0) is 10.0 Å². The second-order valence-corrected chi connectivity index (χ2v) is 4.80. The zero-order valence-corrected chi connectivity index (χ0v) is 8.77. The highest BCUT2D eigenvalue weighted by molar-refractivity contribution is 7.93. The third-order valence-corrected chi connectivity index (χ3v) is 2.67. The average molecular weight is 219 g/mol. The number of aliphatic hydroxyl groups excluding tert-OH is 1. The maximum Gasteiger partial charge on any atom is 0.241 e. The van der Waals surface area contributed by atoms with Gasteiger partial charge in [0.15, 0.2) is 0 Å². The molecule has 1 aliphatic rings. The van der Waals surface area contributed by atoms with Gasteiger partial charge in [-0.25, -0.2) is 18.5 Å². The predicted molar refractivity (Wildman–Crippen MR) is 52.7 cm³/mol. The Morgan fingerprint density at radius 2 is 2.21 bits per heavy atom. The van der Waals surface area contributed by atoms with Crippen LogP contribution < -0.4 is 5.14 Å². The van der Waals surface area contributed by atoms with E-state index in [1.165, 1.54) is 11.1 Å². The Morgan fingerprint density at radius 1 is 1.64 bits per heavy atom. The number of primary sulfonamides is 1. The summed E-state index contributed by atoms with van der Waals surface area (Å²) < 4.78 is 21.9. The second-order valence-electron chi connectivity index (χ2n) is 3.24. The number of nitrogens with two attached hydrogens (primary N) is 1. The van der Waals surface area contributed by atoms with Crippen LogP contribution in [0, 0.1) is 0 Å². The van der Waals surface area contributed by atoms with Crippen LogP contribution in [0.15, 0.2) is 16.1 Å². The highest BCUT2D eigenvalue weighted by atomic mass is 32.2. The van der Waals surface area contributed by atoms with Gasteiger partial charge in [-0.2, -0.15) is 0 Å². The first-order chi connectivity index (χ1) is 6.32. The summed E-state index contributed by atoms with van der Waals surface area (Å²) in [6.45, 7) is 3.61. The molecular formula is C7H13N3O3S. The van der Waals surface area contributed by atoms with Gasteiger partial charge in [-0.05, 0) is 13.8 Å². The fourth-order valence-electron chi connectivity index (χ4n) is 1.03. The molecule has 0 saturated heterocycles. The molecule has 7 heteroatoms. The lowest BCUT2D eigenvalue weighted by Gasteiger charge is -2.30. The number of aliphatic hydroxyl groups is 1. The minimum atomic E-state index is -3.76. The highest BCUT2D eigenvalue weighted by Gasteiger charge is 2.22. The Hall–Kier alpha value is -0.920. The average Bonchev–Trinajstić information content (AvgIpc) is 2.02. The van der Waals surface area contributed by atoms with Crippen LogP contribution in [0.5, 0.6) is 0 Å². The van der Waals surface area contributed by atoms with Crippen LogP contribution >= 0.6 is 0 Å². The lowest BCUT2D eigenvalue weighted by Crippen LogP contribution is -2.38. The molecule has 0 aromatic rings. The van der Waals surface area contributed by atoms with Crippen LogP contribution in [-0.4, -0.2) is 37.0 Å². The molecule has 80 valence electrons. The molecule has 0 amide bonds. The van der Waals surface area contributed by atoms with E-state index in [1.807, 2.05) is 0 Å². The van der Waals surface area contributed by atoms with E-state index in [1.54, 1.807) is 13.8 Å². The molecule has 0 saturated carbocycles. The van der Waals surface area contributed by atoms with E-state index < -0.39 is 16.4 Å². The summed E-state index contributed by atoms with van der Waals surface area (Å²) in [6, 6.07) is -0.0563. The van der Waals surface area contributed by atoms with Crippen molar-refractivity contribution < 1.29 is 13.5 Å². The van der Waals surface area contributed by atoms with E-state index in [-0.39, 0.29) is 10.9 Å². The van der Waals surface area contributed by atoms with Gasteiger partial charge in [0.1, 0.15) is 4.91 Å². The van der Waals surface area contributed by atoms with Crippen molar-refractivity contribution >= 4 is 16.2 Å². The smallest absolute Gasteiger partial charge is 0.241 e. The van der Waals surface area contributed by atoms with Crippen molar-refractivity contribution in [3.63, 3.8) is 0 Å². The highest BCUT2D eigenvalue weighted by Crippen LogP contribution is 2.14. The third-order valence-electron chi connectivity index (χ3n) is 1.80. The molecule has 14 heavy (non-hydrogen) atoms. The summed E-state index contributed by atoms with van der Waals surface area (Å²) in [7, 11) is -3.76. The quantitative estimate of drug-likeness (QED) is 0.634. The SMILES string of the molecule is CC(C)N1C=C(S(N)(=O)=O)C=NC1O. The number of sulfonamides is 1. The summed E-state index contributed by atoms with van der Waals surface area (Å²) >= 11 is 0. The molecule has 1 heterocycles. The number of rotatable bonds is 2. The fourth-order valence-corrected chi connectivity index (χ4v) is 1.50. The van der Waals surface area contributed by atoms with E-state index in [9.17, 15) is 13.5 Å². The van der Waals surface area contributed by atoms with Crippen molar-refractivity contribution in [3.05, 3.63) is 11.1 Å². The standard InChI is InChI=1S/C7H13N3O3S/c1-5(2)10-4-6(14(8,12)13)3-9-7(10)11/h3-5,7,11H,1-2H3,(H2,8,12,13). The molecule has 1 rings (SSSR count). The molecule has 0 aromatic carbocycles. The molecule has 0 fully saturated rings. The van der Waals surface area contributed by atoms with Gasteiger partial charge in [-0.3, -0.25) is 0 Å². The van der Waals surface area contributed by atoms with Crippen molar-refractivity contribution in [1.29, 1.82) is 0 Å². The van der Waals surface area contributed by atoms with Gasteiger partial charge in [0.25, 0.3) is 0 Å². The normalized spacial score (nSPS) is 22.8. The topological polar surface area (TPSA) is 96.0 Å². The minimum Gasteiger partial charge on any atom is -0.355 e. The molecule has 3 N–H and O–H groups in total. The molecule has 1 atom stereocenters. The summed E-state index contributed by atoms with van der Waals surface area (Å²) in [6.07, 6.45) is 1.30. The van der Waals surface area contributed by atoms with Crippen molar-refractivity contribution in [2.24, 2.45) is 10.1 Å². The number of hydrogen-bond donors (Lipinski definition) is 2. The first-order valence-electron chi connectivity index (χ1n) is 4.05. The van der Waals surface area contributed by atoms with E-state index in [0.29, 0.717) is 0 Å². The van der Waals surface area contributed by atoms with E-state index in [2.05, 4.69) is 4.99 Å². The van der Waals surface area contributed by atoms with Gasteiger partial charge in [-0.1, -0.05) is 0 Å². The fraction of sp³-hybridized carbons (Fsp3) is 0.571. The summed E-state index contributed by atoms with van der Waals surface area (Å²) in [5.41, 5.74) is 0. The maximum atomic E-state index is 11.0. The zero-order valence-electron chi connectivity index (χ0n) is 7.95. The van der Waals surface area contributed by atoms with Crippen molar-refractivity contribution in [1.82, 2.24) is 4.90 Å². The van der Waals surface area contributed by atoms with E-state index in [4.69, 9.17) is 5.14 Å². The molecule has 0 spiro atoms. The number of allylic oxidation sites excluding steroid dienone is 1. The van der Waals surface area contributed by atoms with Gasteiger partial charge < -0.3 is 10.0 Å². The zero-order chi connectivity index (χ0) is 10.9. The molecule has 0 aromatic heterocycles. The van der Waals surface area contributed by atoms with Crippen LogP contribution in [0.2, 0.25) is 0 Å². The van der Waals surface area contributed by atoms with Gasteiger partial charge in [-0.15, -0.1) is 0 Å². The first kappa shape index (κ1) is 11.2. The largest absolute Gasteiger partial charge is 0.355 e. The lowest BCUT2D eigenvalue weighted by molar-refractivity contribution is 0.0254. The Kier molecular flexibility index (Phi) is 2.93. The van der Waals surface area contributed by atoms with Crippen LogP contribution in [0.3, 0.4) is 0 Å². The van der Waals surface area contributed by atoms with Crippen molar-refractivity contribution in [2.45, 2.75) is 26.2 Å². The van der Waals surface area contributed by atoms with E-state index in [0.717, 1.165) is 6.21 Å². The van der Waals surface area contributed by atoms with Gasteiger partial charge in [0, 0.05) is 18.5 Å². The monoisotopic (exact) mass is 219 g/mol. The molecular weight excluding hydrogens is 206 g/mol. The van der Waals surface area contributed by atoms with Crippen molar-refractivity contribution in [3.8, 4) is 0 Å². The maximum absolute atomic E-state index is 11.0.